The molecule has 0 N–H and O–H groups in total. The Labute approximate surface area is 290 Å². The van der Waals surface area contributed by atoms with E-state index in [2.05, 4.69) is 164 Å². The molecule has 0 spiro atoms. The van der Waals surface area contributed by atoms with Crippen LogP contribution in [0, 0.1) is 0 Å². The Hall–Kier alpha value is -6.45. The highest BCUT2D eigenvalue weighted by molar-refractivity contribution is 6.22. The molecule has 0 saturated heterocycles. The summed E-state index contributed by atoms with van der Waals surface area (Å²) < 4.78 is 0. The van der Waals surface area contributed by atoms with E-state index in [1.165, 1.54) is 38.2 Å². The lowest BCUT2D eigenvalue weighted by Crippen LogP contribution is -2.04. The molecular formula is C47H31N3. The molecule has 2 aromatic heterocycles. The predicted molar refractivity (Wildman–Crippen MR) is 208 cm³/mol. The van der Waals surface area contributed by atoms with Crippen LogP contribution in [0.2, 0.25) is 0 Å². The van der Waals surface area contributed by atoms with Crippen LogP contribution in [-0.2, 0) is 6.42 Å². The molecule has 2 heterocycles. The van der Waals surface area contributed by atoms with E-state index < -0.39 is 0 Å². The zero-order valence-electron chi connectivity index (χ0n) is 27.3. The Morgan fingerprint density at radius 3 is 2.00 bits per heavy atom. The van der Waals surface area contributed by atoms with Gasteiger partial charge in [0, 0.05) is 38.2 Å². The van der Waals surface area contributed by atoms with Crippen molar-refractivity contribution in [1.29, 1.82) is 0 Å². The van der Waals surface area contributed by atoms with Crippen LogP contribution in [0.5, 0.6) is 0 Å². The number of aryl methyl sites for hydroxylation is 1. The van der Waals surface area contributed by atoms with Crippen molar-refractivity contribution in [3.63, 3.8) is 0 Å². The molecule has 3 heteroatoms. The van der Waals surface area contributed by atoms with Crippen molar-refractivity contribution in [1.82, 2.24) is 15.0 Å². The van der Waals surface area contributed by atoms with Crippen molar-refractivity contribution >= 4 is 48.9 Å². The van der Waals surface area contributed by atoms with Gasteiger partial charge in [0.05, 0.1) is 22.4 Å². The number of rotatable bonds is 4. The molecule has 0 fully saturated rings. The largest absolute Gasteiger partial charge is 0.247 e. The summed E-state index contributed by atoms with van der Waals surface area (Å²) >= 11 is 0. The molecule has 10 rings (SSSR count). The van der Waals surface area contributed by atoms with E-state index in [9.17, 15) is 0 Å². The molecule has 234 valence electrons. The number of nitrogens with zero attached hydrogens (tertiary/aromatic N) is 3. The van der Waals surface area contributed by atoms with Gasteiger partial charge in [-0.05, 0) is 64.1 Å². The molecule has 0 radical (unpaired) electrons. The van der Waals surface area contributed by atoms with E-state index in [0.717, 1.165) is 74.1 Å². The normalized spacial score (nSPS) is 12.8. The van der Waals surface area contributed by atoms with E-state index in [0.29, 0.717) is 0 Å². The lowest BCUT2D eigenvalue weighted by Gasteiger charge is -2.19. The van der Waals surface area contributed by atoms with E-state index in [1.807, 2.05) is 0 Å². The summed E-state index contributed by atoms with van der Waals surface area (Å²) in [6.45, 7) is 0. The fraction of sp³-hybridized carbons (Fsp3) is 0.0426. The first-order valence-corrected chi connectivity index (χ1v) is 17.3. The van der Waals surface area contributed by atoms with Crippen molar-refractivity contribution in [3.05, 3.63) is 181 Å². The highest BCUT2D eigenvalue weighted by atomic mass is 14.9. The molecule has 9 aromatic rings. The van der Waals surface area contributed by atoms with Crippen molar-refractivity contribution in [2.75, 3.05) is 0 Å². The summed E-state index contributed by atoms with van der Waals surface area (Å²) in [5.41, 5.74) is 12.2. The molecule has 0 bridgehead atoms. The summed E-state index contributed by atoms with van der Waals surface area (Å²) in [5.74, 6) is 0.738. The van der Waals surface area contributed by atoms with Gasteiger partial charge in [0.15, 0.2) is 5.82 Å². The minimum Gasteiger partial charge on any atom is -0.247 e. The van der Waals surface area contributed by atoms with E-state index >= 15 is 0 Å². The highest BCUT2D eigenvalue weighted by Gasteiger charge is 2.19. The van der Waals surface area contributed by atoms with Crippen molar-refractivity contribution in [2.24, 2.45) is 0 Å². The van der Waals surface area contributed by atoms with Crippen molar-refractivity contribution in [3.8, 4) is 33.8 Å². The third kappa shape index (κ3) is 4.70. The third-order valence-electron chi connectivity index (χ3n) is 10.1. The van der Waals surface area contributed by atoms with Gasteiger partial charge in [-0.1, -0.05) is 146 Å². The zero-order chi connectivity index (χ0) is 33.0. The number of fused-ring (bicyclic) bond motifs is 7. The van der Waals surface area contributed by atoms with Crippen LogP contribution >= 0.6 is 0 Å². The highest BCUT2D eigenvalue weighted by Crippen LogP contribution is 2.39. The smallest absolute Gasteiger partial charge is 0.160 e. The maximum Gasteiger partial charge on any atom is 0.160 e. The average molecular weight is 638 g/mol. The summed E-state index contributed by atoms with van der Waals surface area (Å²) in [7, 11) is 0. The Morgan fingerprint density at radius 2 is 1.12 bits per heavy atom. The Bertz CT molecular complexity index is 2800. The number of para-hydroxylation sites is 2. The molecule has 0 saturated carbocycles. The second-order valence-corrected chi connectivity index (χ2v) is 13.1. The molecule has 1 aliphatic carbocycles. The summed E-state index contributed by atoms with van der Waals surface area (Å²) in [4.78, 5) is 15.5. The molecule has 50 heavy (non-hydrogen) atoms. The second kappa shape index (κ2) is 11.6. The fourth-order valence-corrected chi connectivity index (χ4v) is 7.72. The summed E-state index contributed by atoms with van der Waals surface area (Å²) in [6, 6.07) is 56.0. The zero-order valence-corrected chi connectivity index (χ0v) is 27.3. The Kier molecular flexibility index (Phi) is 6.63. The van der Waals surface area contributed by atoms with Crippen LogP contribution in [0.3, 0.4) is 0 Å². The minimum atomic E-state index is 0.738. The molecule has 0 amide bonds. The van der Waals surface area contributed by atoms with Crippen LogP contribution < -0.4 is 0 Å². The lowest BCUT2D eigenvalue weighted by atomic mass is 9.88. The topological polar surface area (TPSA) is 38.7 Å². The predicted octanol–water partition coefficient (Wildman–Crippen LogP) is 11.9. The summed E-state index contributed by atoms with van der Waals surface area (Å²) in [5, 5.41) is 7.16. The second-order valence-electron chi connectivity index (χ2n) is 13.1. The Morgan fingerprint density at radius 1 is 0.420 bits per heavy atom. The van der Waals surface area contributed by atoms with Gasteiger partial charge in [-0.2, -0.15) is 0 Å². The molecule has 0 atom stereocenters. The molecular weight excluding hydrogens is 607 g/mol. The molecule has 0 aliphatic heterocycles. The van der Waals surface area contributed by atoms with Crippen LogP contribution in [0.15, 0.2) is 164 Å². The van der Waals surface area contributed by atoms with Crippen LogP contribution in [0.4, 0.5) is 0 Å². The van der Waals surface area contributed by atoms with Crippen LogP contribution in [-0.4, -0.2) is 15.0 Å². The molecule has 1 aliphatic rings. The third-order valence-corrected chi connectivity index (χ3v) is 10.1. The van der Waals surface area contributed by atoms with Gasteiger partial charge in [0.2, 0.25) is 0 Å². The number of pyridine rings is 1. The van der Waals surface area contributed by atoms with Crippen LogP contribution in [0.25, 0.3) is 82.7 Å². The van der Waals surface area contributed by atoms with Gasteiger partial charge < -0.3 is 0 Å². The number of hydrogen-bond acceptors (Lipinski definition) is 3. The number of benzene rings is 7. The van der Waals surface area contributed by atoms with E-state index in [-0.39, 0.29) is 0 Å². The van der Waals surface area contributed by atoms with Gasteiger partial charge in [0.1, 0.15) is 0 Å². The molecule has 0 unspecified atom stereocenters. The number of hydrogen-bond donors (Lipinski definition) is 0. The maximum atomic E-state index is 5.24. The average Bonchev–Trinajstić information content (AvgIpc) is 3.20. The van der Waals surface area contributed by atoms with Crippen LogP contribution in [0.1, 0.15) is 23.2 Å². The monoisotopic (exact) mass is 637 g/mol. The van der Waals surface area contributed by atoms with Crippen molar-refractivity contribution < 1.29 is 0 Å². The fourth-order valence-electron chi connectivity index (χ4n) is 7.72. The van der Waals surface area contributed by atoms with Gasteiger partial charge in [0.25, 0.3) is 0 Å². The lowest BCUT2D eigenvalue weighted by molar-refractivity contribution is 0.975. The van der Waals surface area contributed by atoms with E-state index in [1.54, 1.807) is 0 Å². The molecule has 7 aromatic carbocycles. The molecule has 3 nitrogen and oxygen atoms in total. The van der Waals surface area contributed by atoms with Crippen molar-refractivity contribution in [2.45, 2.75) is 12.8 Å². The van der Waals surface area contributed by atoms with Gasteiger partial charge in [-0.15, -0.1) is 0 Å². The SMILES string of the molecule is C1=C(c2nc(-c3ccc(-c4cccc(-c5nc6ccccc6c6c5ccc5ccccc56)c4)cc3)nc3ccccc23)c2ccccc2CC1. The number of aromatic nitrogens is 3. The van der Waals surface area contributed by atoms with E-state index in [4.69, 9.17) is 15.0 Å². The maximum absolute atomic E-state index is 5.24. The standard InChI is InChI=1S/C47H31N3/c1-3-16-36-31(11-1)13-10-20-38(36)46-40-19-6-8-22-43(40)49-47(50-46)33-25-23-30(24-26-33)34-14-9-15-35(29-34)45-41-28-27-32-12-2-4-17-37(32)44(41)39-18-5-7-21-42(39)48-45/h1-9,11-12,14-29H,10,13H2. The minimum absolute atomic E-state index is 0.738. The quantitative estimate of drug-likeness (QED) is 0.180. The van der Waals surface area contributed by atoms with Gasteiger partial charge in [-0.25, -0.2) is 15.0 Å². The first-order chi connectivity index (χ1) is 24.8. The first-order valence-electron chi connectivity index (χ1n) is 17.3. The van der Waals surface area contributed by atoms with Gasteiger partial charge in [-0.3, -0.25) is 0 Å². The first kappa shape index (κ1) is 28.6. The number of allylic oxidation sites excluding steroid dienone is 1. The summed E-state index contributed by atoms with van der Waals surface area (Å²) in [6.07, 6.45) is 4.41. The Balaban J connectivity index is 1.06. The van der Waals surface area contributed by atoms with Gasteiger partial charge >= 0.3 is 0 Å².